The molecule has 6 heteroatoms. The summed E-state index contributed by atoms with van der Waals surface area (Å²) in [5.41, 5.74) is 2.15. The van der Waals surface area contributed by atoms with Crippen molar-refractivity contribution in [2.75, 3.05) is 13.4 Å². The lowest BCUT2D eigenvalue weighted by Gasteiger charge is -2.09. The Kier molecular flexibility index (Phi) is 4.90. The summed E-state index contributed by atoms with van der Waals surface area (Å²) in [6, 6.07) is 5.13. The van der Waals surface area contributed by atoms with E-state index in [1.807, 2.05) is 19.2 Å². The standard InChI is InChI=1S/C15H18N2O3S/c1-4-11-10(14(19)17-15(16-11)21-3)7-9-5-6-13(20-2)12(18)8-9/h5-6,8,18H,4,7H2,1-3H3,(H,16,17,19). The number of aromatic nitrogens is 2. The Hall–Kier alpha value is -1.95. The number of benzene rings is 1. The van der Waals surface area contributed by atoms with Crippen LogP contribution in [0, 0.1) is 0 Å². The van der Waals surface area contributed by atoms with E-state index in [2.05, 4.69) is 9.97 Å². The third kappa shape index (κ3) is 3.39. The number of nitrogens with zero attached hydrogens (tertiary/aromatic N) is 1. The normalized spacial score (nSPS) is 10.6. The van der Waals surface area contributed by atoms with Gasteiger partial charge in [-0.05, 0) is 30.4 Å². The zero-order valence-electron chi connectivity index (χ0n) is 12.3. The fourth-order valence-electron chi connectivity index (χ4n) is 2.14. The molecule has 0 fully saturated rings. The molecule has 0 saturated heterocycles. The van der Waals surface area contributed by atoms with Gasteiger partial charge in [0.25, 0.3) is 5.56 Å². The van der Waals surface area contributed by atoms with Crippen LogP contribution in [0.3, 0.4) is 0 Å². The molecule has 2 rings (SSSR count). The van der Waals surface area contributed by atoms with Crippen LogP contribution in [0.15, 0.2) is 28.2 Å². The van der Waals surface area contributed by atoms with Gasteiger partial charge in [-0.3, -0.25) is 4.79 Å². The molecule has 2 aromatic rings. The van der Waals surface area contributed by atoms with Crippen LogP contribution in [0.4, 0.5) is 0 Å². The number of ether oxygens (including phenoxy) is 1. The summed E-state index contributed by atoms with van der Waals surface area (Å²) in [5.74, 6) is 0.484. The number of aryl methyl sites for hydroxylation is 1. The van der Waals surface area contributed by atoms with E-state index in [-0.39, 0.29) is 11.3 Å². The Morgan fingerprint density at radius 3 is 2.76 bits per heavy atom. The van der Waals surface area contributed by atoms with Gasteiger partial charge >= 0.3 is 0 Å². The van der Waals surface area contributed by atoms with Gasteiger partial charge in [0.2, 0.25) is 0 Å². The maximum absolute atomic E-state index is 12.2. The van der Waals surface area contributed by atoms with Crippen molar-refractivity contribution in [2.45, 2.75) is 24.9 Å². The van der Waals surface area contributed by atoms with Crippen molar-refractivity contribution in [3.8, 4) is 11.5 Å². The van der Waals surface area contributed by atoms with E-state index in [0.29, 0.717) is 29.3 Å². The molecular formula is C15H18N2O3S. The molecule has 21 heavy (non-hydrogen) atoms. The number of nitrogens with one attached hydrogen (secondary N) is 1. The number of methoxy groups -OCH3 is 1. The third-order valence-electron chi connectivity index (χ3n) is 3.23. The van der Waals surface area contributed by atoms with E-state index < -0.39 is 0 Å². The Balaban J connectivity index is 2.39. The maximum atomic E-state index is 12.2. The second-order valence-corrected chi connectivity index (χ2v) is 5.33. The molecule has 1 aromatic carbocycles. The van der Waals surface area contributed by atoms with Crippen molar-refractivity contribution >= 4 is 11.8 Å². The molecule has 0 saturated carbocycles. The van der Waals surface area contributed by atoms with Gasteiger partial charge in [0.05, 0.1) is 12.8 Å². The molecule has 1 heterocycles. The number of aromatic hydroxyl groups is 1. The SMILES string of the molecule is CCc1nc(SC)[nH]c(=O)c1Cc1ccc(OC)c(O)c1. The first-order valence-electron chi connectivity index (χ1n) is 6.61. The molecule has 0 atom stereocenters. The number of thioether (sulfide) groups is 1. The van der Waals surface area contributed by atoms with E-state index in [9.17, 15) is 9.90 Å². The number of hydrogen-bond acceptors (Lipinski definition) is 5. The largest absolute Gasteiger partial charge is 0.504 e. The highest BCUT2D eigenvalue weighted by Crippen LogP contribution is 2.27. The van der Waals surface area contributed by atoms with Crippen molar-refractivity contribution in [3.63, 3.8) is 0 Å². The second kappa shape index (κ2) is 6.67. The van der Waals surface area contributed by atoms with Crippen LogP contribution in [-0.2, 0) is 12.8 Å². The van der Waals surface area contributed by atoms with Gasteiger partial charge in [-0.1, -0.05) is 24.8 Å². The van der Waals surface area contributed by atoms with E-state index in [4.69, 9.17) is 4.74 Å². The summed E-state index contributed by atoms with van der Waals surface area (Å²) in [5, 5.41) is 10.4. The summed E-state index contributed by atoms with van der Waals surface area (Å²) in [7, 11) is 1.50. The molecule has 0 aliphatic rings. The van der Waals surface area contributed by atoms with Crippen LogP contribution in [0.25, 0.3) is 0 Å². The van der Waals surface area contributed by atoms with Gasteiger partial charge < -0.3 is 14.8 Å². The van der Waals surface area contributed by atoms with Gasteiger partial charge in [0.1, 0.15) is 0 Å². The van der Waals surface area contributed by atoms with Gasteiger partial charge in [0, 0.05) is 12.0 Å². The second-order valence-electron chi connectivity index (χ2n) is 4.54. The molecule has 0 aliphatic heterocycles. The fraction of sp³-hybridized carbons (Fsp3) is 0.333. The predicted octanol–water partition coefficient (Wildman–Crippen LogP) is 2.36. The number of phenolic OH excluding ortho intramolecular Hbond substituents is 1. The summed E-state index contributed by atoms with van der Waals surface area (Å²) in [6.45, 7) is 1.97. The number of hydrogen-bond donors (Lipinski definition) is 2. The van der Waals surface area contributed by atoms with Crippen LogP contribution in [0.5, 0.6) is 11.5 Å². The minimum absolute atomic E-state index is 0.0678. The fourth-order valence-corrected chi connectivity index (χ4v) is 2.54. The molecule has 0 bridgehead atoms. The molecule has 0 amide bonds. The number of H-pyrrole nitrogens is 1. The van der Waals surface area contributed by atoms with E-state index in [0.717, 1.165) is 11.3 Å². The average Bonchev–Trinajstić information content (AvgIpc) is 2.49. The minimum Gasteiger partial charge on any atom is -0.504 e. The van der Waals surface area contributed by atoms with Crippen molar-refractivity contribution in [1.29, 1.82) is 0 Å². The highest BCUT2D eigenvalue weighted by Gasteiger charge is 2.12. The van der Waals surface area contributed by atoms with Gasteiger partial charge in [0.15, 0.2) is 16.7 Å². The van der Waals surface area contributed by atoms with Gasteiger partial charge in [-0.2, -0.15) is 0 Å². The van der Waals surface area contributed by atoms with Crippen molar-refractivity contribution in [2.24, 2.45) is 0 Å². The van der Waals surface area contributed by atoms with Crippen molar-refractivity contribution < 1.29 is 9.84 Å². The smallest absolute Gasteiger partial charge is 0.255 e. The Morgan fingerprint density at radius 1 is 1.43 bits per heavy atom. The number of aromatic amines is 1. The summed E-state index contributed by atoms with van der Waals surface area (Å²) in [4.78, 5) is 19.4. The van der Waals surface area contributed by atoms with Crippen LogP contribution in [0.1, 0.15) is 23.7 Å². The first-order chi connectivity index (χ1) is 10.1. The van der Waals surface area contributed by atoms with E-state index in [1.54, 1.807) is 12.1 Å². The monoisotopic (exact) mass is 306 g/mol. The van der Waals surface area contributed by atoms with Crippen LogP contribution in [-0.4, -0.2) is 28.4 Å². The molecule has 2 N–H and O–H groups in total. The molecule has 0 radical (unpaired) electrons. The van der Waals surface area contributed by atoms with Crippen molar-refractivity contribution in [1.82, 2.24) is 9.97 Å². The lowest BCUT2D eigenvalue weighted by Crippen LogP contribution is -2.18. The number of phenols is 1. The molecule has 112 valence electrons. The van der Waals surface area contributed by atoms with Crippen LogP contribution >= 0.6 is 11.8 Å². The minimum atomic E-state index is -0.124. The summed E-state index contributed by atoms with van der Waals surface area (Å²) >= 11 is 1.41. The topological polar surface area (TPSA) is 75.2 Å². The van der Waals surface area contributed by atoms with Crippen LogP contribution < -0.4 is 10.3 Å². The quantitative estimate of drug-likeness (QED) is 0.655. The maximum Gasteiger partial charge on any atom is 0.255 e. The third-order valence-corrected chi connectivity index (χ3v) is 3.81. The van der Waals surface area contributed by atoms with Gasteiger partial charge in [-0.25, -0.2) is 4.98 Å². The summed E-state index contributed by atoms with van der Waals surface area (Å²) < 4.78 is 5.02. The molecular weight excluding hydrogens is 288 g/mol. The molecule has 0 spiro atoms. The van der Waals surface area contributed by atoms with Crippen molar-refractivity contribution in [3.05, 3.63) is 45.4 Å². The zero-order valence-corrected chi connectivity index (χ0v) is 13.1. The first kappa shape index (κ1) is 15.4. The highest BCUT2D eigenvalue weighted by atomic mass is 32.2. The Labute approximate surface area is 127 Å². The predicted molar refractivity (Wildman–Crippen MR) is 83.5 cm³/mol. The number of rotatable bonds is 5. The highest BCUT2D eigenvalue weighted by molar-refractivity contribution is 7.98. The Bertz CT molecular complexity index is 698. The zero-order chi connectivity index (χ0) is 15.4. The van der Waals surface area contributed by atoms with Gasteiger partial charge in [-0.15, -0.1) is 0 Å². The molecule has 5 nitrogen and oxygen atoms in total. The van der Waals surface area contributed by atoms with E-state index >= 15 is 0 Å². The van der Waals surface area contributed by atoms with E-state index in [1.165, 1.54) is 18.9 Å². The lowest BCUT2D eigenvalue weighted by atomic mass is 10.0. The summed E-state index contributed by atoms with van der Waals surface area (Å²) in [6.07, 6.45) is 2.99. The first-order valence-corrected chi connectivity index (χ1v) is 7.83. The lowest BCUT2D eigenvalue weighted by molar-refractivity contribution is 0.373. The van der Waals surface area contributed by atoms with Crippen LogP contribution in [0.2, 0.25) is 0 Å². The molecule has 0 aliphatic carbocycles. The Morgan fingerprint density at radius 2 is 2.19 bits per heavy atom. The molecule has 0 unspecified atom stereocenters. The average molecular weight is 306 g/mol. The molecule has 1 aromatic heterocycles.